The van der Waals surface area contributed by atoms with Crippen molar-refractivity contribution in [2.75, 3.05) is 19.5 Å². The van der Waals surface area contributed by atoms with E-state index in [2.05, 4.69) is 5.32 Å². The molecule has 8 heteroatoms. The van der Waals surface area contributed by atoms with Gasteiger partial charge in [-0.2, -0.15) is 0 Å². The number of ether oxygens (including phenoxy) is 2. The first kappa shape index (κ1) is 19.5. The summed E-state index contributed by atoms with van der Waals surface area (Å²) in [5, 5.41) is 4.37. The topological polar surface area (TPSA) is 81.7 Å². The van der Waals surface area contributed by atoms with E-state index in [1.54, 1.807) is 24.6 Å². The third-order valence-electron chi connectivity index (χ3n) is 4.91. The SMILES string of the molecule is COc1ccc(S(=O)(=O)c2csc3c2NC(=O)C[C@@H]3c2cccc(OC)c2)cc1. The summed E-state index contributed by atoms with van der Waals surface area (Å²) in [6.45, 7) is 0. The van der Waals surface area contributed by atoms with Gasteiger partial charge < -0.3 is 14.8 Å². The standard InChI is InChI=1S/C21H19NO5S2/c1-26-14-6-8-16(9-7-14)29(24,25)18-12-28-21-17(11-19(23)22-20(18)21)13-4-3-5-15(10-13)27-2/h3-10,12,17H,11H2,1-2H3,(H,22,23)/t17-/m1/s1. The maximum absolute atomic E-state index is 13.2. The zero-order valence-corrected chi connectivity index (χ0v) is 17.5. The summed E-state index contributed by atoms with van der Waals surface area (Å²) >= 11 is 1.34. The van der Waals surface area contributed by atoms with Gasteiger partial charge in [0.15, 0.2) is 0 Å². The van der Waals surface area contributed by atoms with Crippen molar-refractivity contribution in [3.63, 3.8) is 0 Å². The van der Waals surface area contributed by atoms with Crippen LogP contribution in [-0.2, 0) is 14.6 Å². The molecule has 0 fully saturated rings. The molecule has 0 spiro atoms. The number of thiophene rings is 1. The summed E-state index contributed by atoms with van der Waals surface area (Å²) in [5.74, 6) is 0.828. The number of hydrogen-bond acceptors (Lipinski definition) is 6. The average Bonchev–Trinajstić information content (AvgIpc) is 3.17. The highest BCUT2D eigenvalue weighted by Gasteiger charge is 2.34. The Labute approximate surface area is 173 Å². The molecule has 0 saturated carbocycles. The molecule has 0 unspecified atom stereocenters. The summed E-state index contributed by atoms with van der Waals surface area (Å²) < 4.78 is 36.8. The number of methoxy groups -OCH3 is 2. The molecule has 2 heterocycles. The predicted molar refractivity (Wildman–Crippen MR) is 111 cm³/mol. The Morgan fingerprint density at radius 1 is 1.03 bits per heavy atom. The van der Waals surface area contributed by atoms with Crippen molar-refractivity contribution in [2.24, 2.45) is 0 Å². The van der Waals surface area contributed by atoms with Crippen LogP contribution in [0.25, 0.3) is 0 Å². The molecule has 1 aliphatic heterocycles. The zero-order valence-electron chi connectivity index (χ0n) is 15.8. The second-order valence-corrected chi connectivity index (χ2v) is 9.43. The second kappa shape index (κ2) is 7.53. The third kappa shape index (κ3) is 3.49. The van der Waals surface area contributed by atoms with E-state index in [9.17, 15) is 13.2 Å². The number of hydrogen-bond donors (Lipinski definition) is 1. The van der Waals surface area contributed by atoms with Crippen LogP contribution in [0.2, 0.25) is 0 Å². The van der Waals surface area contributed by atoms with Crippen LogP contribution in [0.15, 0.2) is 63.7 Å². The van der Waals surface area contributed by atoms with Gasteiger partial charge in [0.25, 0.3) is 0 Å². The largest absolute Gasteiger partial charge is 0.497 e. The smallest absolute Gasteiger partial charge is 0.225 e. The molecule has 29 heavy (non-hydrogen) atoms. The molecule has 1 amide bonds. The van der Waals surface area contributed by atoms with Gasteiger partial charge in [-0.3, -0.25) is 4.79 Å². The quantitative estimate of drug-likeness (QED) is 0.661. The van der Waals surface area contributed by atoms with Crippen LogP contribution in [0.5, 0.6) is 11.5 Å². The molecule has 0 radical (unpaired) electrons. The van der Waals surface area contributed by atoms with E-state index in [0.717, 1.165) is 10.4 Å². The molecule has 1 atom stereocenters. The van der Waals surface area contributed by atoms with Crippen LogP contribution in [0.3, 0.4) is 0 Å². The number of carbonyl (C=O) groups excluding carboxylic acids is 1. The zero-order chi connectivity index (χ0) is 20.6. The van der Waals surface area contributed by atoms with Crippen LogP contribution in [-0.4, -0.2) is 28.5 Å². The van der Waals surface area contributed by atoms with Gasteiger partial charge in [0.1, 0.15) is 16.4 Å². The van der Waals surface area contributed by atoms with Gasteiger partial charge in [-0.1, -0.05) is 12.1 Å². The fraction of sp³-hybridized carbons (Fsp3) is 0.190. The number of rotatable bonds is 5. The second-order valence-electron chi connectivity index (χ2n) is 6.60. The molecule has 1 aliphatic rings. The Balaban J connectivity index is 1.79. The fourth-order valence-electron chi connectivity index (χ4n) is 3.41. The molecule has 2 aromatic carbocycles. The van der Waals surface area contributed by atoms with Crippen molar-refractivity contribution in [2.45, 2.75) is 22.1 Å². The Morgan fingerprint density at radius 3 is 2.45 bits per heavy atom. The molecule has 4 rings (SSSR count). The summed E-state index contributed by atoms with van der Waals surface area (Å²) in [4.78, 5) is 13.5. The fourth-order valence-corrected chi connectivity index (χ4v) is 6.32. The van der Waals surface area contributed by atoms with E-state index < -0.39 is 9.84 Å². The van der Waals surface area contributed by atoms with Gasteiger partial charge in [-0.05, 0) is 42.0 Å². The minimum absolute atomic E-state index is 0.114. The summed E-state index contributed by atoms with van der Waals surface area (Å²) in [6.07, 6.45) is 0.253. The van der Waals surface area contributed by atoms with Gasteiger partial charge >= 0.3 is 0 Å². The highest BCUT2D eigenvalue weighted by atomic mass is 32.2. The van der Waals surface area contributed by atoms with Crippen molar-refractivity contribution in [1.82, 2.24) is 0 Å². The van der Waals surface area contributed by atoms with E-state index in [1.807, 2.05) is 24.3 Å². The number of amides is 1. The van der Waals surface area contributed by atoms with Gasteiger partial charge in [-0.25, -0.2) is 8.42 Å². The summed E-state index contributed by atoms with van der Waals surface area (Å²) in [6, 6.07) is 13.7. The van der Waals surface area contributed by atoms with Crippen molar-refractivity contribution in [3.8, 4) is 11.5 Å². The summed E-state index contributed by atoms with van der Waals surface area (Å²) in [5.41, 5.74) is 1.28. The Kier molecular flexibility index (Phi) is 5.06. The van der Waals surface area contributed by atoms with Crippen molar-refractivity contribution in [3.05, 3.63) is 64.4 Å². The number of fused-ring (bicyclic) bond motifs is 1. The first-order chi connectivity index (χ1) is 13.9. The lowest BCUT2D eigenvalue weighted by molar-refractivity contribution is -0.116. The Morgan fingerprint density at radius 2 is 1.76 bits per heavy atom. The van der Waals surface area contributed by atoms with Gasteiger partial charge in [0.05, 0.1) is 24.8 Å². The van der Waals surface area contributed by atoms with Gasteiger partial charge in [-0.15, -0.1) is 11.3 Å². The van der Waals surface area contributed by atoms with Crippen LogP contribution in [0.1, 0.15) is 22.8 Å². The van der Waals surface area contributed by atoms with E-state index in [1.165, 1.54) is 30.6 Å². The molecular formula is C21H19NO5S2. The Hall–Kier alpha value is -2.84. The first-order valence-electron chi connectivity index (χ1n) is 8.88. The third-order valence-corrected chi connectivity index (χ3v) is 7.95. The normalized spacial score (nSPS) is 16.1. The number of carbonyl (C=O) groups is 1. The van der Waals surface area contributed by atoms with Crippen LogP contribution < -0.4 is 14.8 Å². The lowest BCUT2D eigenvalue weighted by atomic mass is 9.90. The highest BCUT2D eigenvalue weighted by molar-refractivity contribution is 7.91. The lowest BCUT2D eigenvalue weighted by Crippen LogP contribution is -2.23. The minimum atomic E-state index is -3.79. The molecule has 0 saturated heterocycles. The van der Waals surface area contributed by atoms with Gasteiger partial charge in [0.2, 0.25) is 15.7 Å². The predicted octanol–water partition coefficient (Wildman–Crippen LogP) is 4.07. The maximum Gasteiger partial charge on any atom is 0.225 e. The van der Waals surface area contributed by atoms with Gasteiger partial charge in [0, 0.05) is 22.6 Å². The van der Waals surface area contributed by atoms with Crippen molar-refractivity contribution in [1.29, 1.82) is 0 Å². The maximum atomic E-state index is 13.2. The molecule has 3 aromatic rings. The highest BCUT2D eigenvalue weighted by Crippen LogP contribution is 2.46. The molecule has 1 aromatic heterocycles. The molecule has 0 aliphatic carbocycles. The van der Waals surface area contributed by atoms with E-state index >= 15 is 0 Å². The van der Waals surface area contributed by atoms with Crippen molar-refractivity contribution < 1.29 is 22.7 Å². The number of anilines is 1. The monoisotopic (exact) mass is 429 g/mol. The minimum Gasteiger partial charge on any atom is -0.497 e. The van der Waals surface area contributed by atoms with E-state index in [4.69, 9.17) is 9.47 Å². The Bertz CT molecular complexity index is 1170. The van der Waals surface area contributed by atoms with Crippen LogP contribution in [0.4, 0.5) is 5.69 Å². The molecular weight excluding hydrogens is 410 g/mol. The number of nitrogens with one attached hydrogen (secondary N) is 1. The summed E-state index contributed by atoms with van der Waals surface area (Å²) in [7, 11) is -0.682. The number of benzene rings is 2. The molecule has 150 valence electrons. The van der Waals surface area contributed by atoms with E-state index in [0.29, 0.717) is 17.2 Å². The number of sulfone groups is 1. The van der Waals surface area contributed by atoms with Crippen LogP contribution in [0, 0.1) is 0 Å². The molecule has 6 nitrogen and oxygen atoms in total. The average molecular weight is 430 g/mol. The lowest BCUT2D eigenvalue weighted by Gasteiger charge is -2.24. The van der Waals surface area contributed by atoms with Crippen molar-refractivity contribution >= 4 is 32.8 Å². The van der Waals surface area contributed by atoms with Crippen LogP contribution >= 0.6 is 11.3 Å². The first-order valence-corrected chi connectivity index (χ1v) is 11.2. The van der Waals surface area contributed by atoms with E-state index in [-0.39, 0.29) is 28.0 Å². The molecule has 0 bridgehead atoms. The molecule has 1 N–H and O–H groups in total.